The number of nitrogens with zero attached hydrogens (tertiary/aromatic N) is 1. The summed E-state index contributed by atoms with van der Waals surface area (Å²) in [6.45, 7) is 1.61. The van der Waals surface area contributed by atoms with Crippen LogP contribution in [-0.2, 0) is 30.4 Å². The first-order valence-corrected chi connectivity index (χ1v) is 12.7. The first kappa shape index (κ1) is 31.6. The summed E-state index contributed by atoms with van der Waals surface area (Å²) < 4.78 is 0. The van der Waals surface area contributed by atoms with Gasteiger partial charge < -0.3 is 49.0 Å². The van der Waals surface area contributed by atoms with Gasteiger partial charge >= 0.3 is 5.97 Å². The molecular weight excluding hydrogens is 522 g/mol. The number of hydrogen-bond acceptors (Lipinski definition) is 7. The van der Waals surface area contributed by atoms with Crippen molar-refractivity contribution in [2.45, 2.75) is 63.2 Å². The second-order valence-corrected chi connectivity index (χ2v) is 9.33. The highest BCUT2D eigenvalue weighted by Crippen LogP contribution is 2.19. The smallest absolute Gasteiger partial charge is 0.326 e. The van der Waals surface area contributed by atoms with Gasteiger partial charge in [-0.1, -0.05) is 18.2 Å². The minimum absolute atomic E-state index is 0.0392. The van der Waals surface area contributed by atoms with E-state index in [1.165, 1.54) is 6.92 Å². The molecule has 1 aromatic heterocycles. The lowest BCUT2D eigenvalue weighted by atomic mass is 10.0. The fraction of sp³-hybridized carbons (Fsp3) is 0.440. The Morgan fingerprint density at radius 1 is 0.925 bits per heavy atom. The normalized spacial score (nSPS) is 13.8. The van der Waals surface area contributed by atoms with Crippen molar-refractivity contribution in [3.8, 4) is 0 Å². The molecule has 0 saturated carbocycles. The van der Waals surface area contributed by atoms with E-state index in [-0.39, 0.29) is 44.6 Å². The molecule has 15 nitrogen and oxygen atoms in total. The number of guanidine groups is 1. The molecule has 1 aromatic carbocycles. The van der Waals surface area contributed by atoms with Crippen LogP contribution < -0.4 is 38.9 Å². The summed E-state index contributed by atoms with van der Waals surface area (Å²) in [6.07, 6.45) is 1.59. The van der Waals surface area contributed by atoms with Crippen molar-refractivity contribution in [1.29, 1.82) is 0 Å². The van der Waals surface area contributed by atoms with Gasteiger partial charge in [-0.05, 0) is 37.8 Å². The van der Waals surface area contributed by atoms with Gasteiger partial charge in [0.2, 0.25) is 23.6 Å². The van der Waals surface area contributed by atoms with Gasteiger partial charge in [-0.3, -0.25) is 24.2 Å². The summed E-state index contributed by atoms with van der Waals surface area (Å²) in [5.41, 5.74) is 23.1. The summed E-state index contributed by atoms with van der Waals surface area (Å²) in [4.78, 5) is 68.7. The number of aliphatic imine (C=N–C) groups is 1. The van der Waals surface area contributed by atoms with Gasteiger partial charge in [0, 0.05) is 36.5 Å². The van der Waals surface area contributed by atoms with Gasteiger partial charge in [0.05, 0.1) is 6.04 Å². The lowest BCUT2D eigenvalue weighted by molar-refractivity contribution is -0.142. The zero-order chi connectivity index (χ0) is 29.8. The highest BCUT2D eigenvalue weighted by Gasteiger charge is 2.30. The lowest BCUT2D eigenvalue weighted by Gasteiger charge is -2.25. The number of nitrogens with two attached hydrogens (primary N) is 4. The van der Waals surface area contributed by atoms with Crippen LogP contribution in [0.4, 0.5) is 0 Å². The maximum Gasteiger partial charge on any atom is 0.326 e. The predicted molar refractivity (Wildman–Crippen MR) is 147 cm³/mol. The summed E-state index contributed by atoms with van der Waals surface area (Å²) in [7, 11) is 0. The zero-order valence-corrected chi connectivity index (χ0v) is 22.2. The predicted octanol–water partition coefficient (Wildman–Crippen LogP) is -2.08. The largest absolute Gasteiger partial charge is 0.480 e. The average molecular weight is 560 g/mol. The van der Waals surface area contributed by atoms with Crippen LogP contribution >= 0.6 is 0 Å². The van der Waals surface area contributed by atoms with Gasteiger partial charge in [-0.25, -0.2) is 4.79 Å². The number of nitrogens with one attached hydrogen (secondary N) is 4. The van der Waals surface area contributed by atoms with Crippen molar-refractivity contribution >= 4 is 46.5 Å². The summed E-state index contributed by atoms with van der Waals surface area (Å²) in [5.74, 6) is -4.33. The van der Waals surface area contributed by atoms with Crippen LogP contribution in [0, 0.1) is 0 Å². The number of carboxylic acids is 1. The number of hydrogen-bond donors (Lipinski definition) is 9. The van der Waals surface area contributed by atoms with Crippen LogP contribution in [-0.4, -0.2) is 76.4 Å². The number of rotatable bonds is 16. The number of aromatic amines is 1. The molecule has 2 aromatic rings. The van der Waals surface area contributed by atoms with Crippen molar-refractivity contribution in [2.75, 3.05) is 6.54 Å². The Hall–Kier alpha value is -4.66. The van der Waals surface area contributed by atoms with Crippen molar-refractivity contribution in [2.24, 2.45) is 27.9 Å². The van der Waals surface area contributed by atoms with Gasteiger partial charge in [0.1, 0.15) is 18.1 Å². The fourth-order valence-corrected chi connectivity index (χ4v) is 3.89. The molecule has 0 aliphatic rings. The standard InChI is InChI=1S/C25H37N9O6/c1-13(26)21(36)34-19(11-14-12-31-16-6-3-2-5-15(14)16)23(38)32-17(7-4-10-30-25(28)29)22(37)33-18(24(39)40)8-9-20(27)35/h2-3,5-6,12-13,17-19,31H,4,7-11,26H2,1H3,(H2,27,35)(H,32,38)(H,33,37)(H,34,36)(H,39,40)(H4,28,29,30). The van der Waals surface area contributed by atoms with Gasteiger partial charge in [-0.2, -0.15) is 0 Å². The second-order valence-electron chi connectivity index (χ2n) is 9.33. The molecule has 15 heteroatoms. The number of H-pyrrole nitrogens is 1. The van der Waals surface area contributed by atoms with Crippen molar-refractivity contribution in [3.05, 3.63) is 36.0 Å². The van der Waals surface area contributed by atoms with Gasteiger partial charge in [0.15, 0.2) is 5.96 Å². The van der Waals surface area contributed by atoms with Gasteiger partial charge in [-0.15, -0.1) is 0 Å². The average Bonchev–Trinajstić information content (AvgIpc) is 3.29. The number of aromatic nitrogens is 1. The van der Waals surface area contributed by atoms with Crippen LogP contribution in [0.2, 0.25) is 0 Å². The fourth-order valence-electron chi connectivity index (χ4n) is 3.89. The second kappa shape index (κ2) is 15.1. The number of amides is 4. The minimum atomic E-state index is -1.42. The van der Waals surface area contributed by atoms with E-state index >= 15 is 0 Å². The Bertz CT molecular complexity index is 1240. The highest BCUT2D eigenvalue weighted by molar-refractivity contribution is 5.95. The number of fused-ring (bicyclic) bond motifs is 1. The first-order chi connectivity index (χ1) is 18.9. The summed E-state index contributed by atoms with van der Waals surface area (Å²) in [5, 5.41) is 17.9. The molecule has 0 aliphatic heterocycles. The number of carbonyl (C=O) groups is 5. The van der Waals surface area contributed by atoms with E-state index in [4.69, 9.17) is 22.9 Å². The first-order valence-electron chi connectivity index (χ1n) is 12.7. The molecule has 0 bridgehead atoms. The molecule has 13 N–H and O–H groups in total. The molecule has 2 rings (SSSR count). The topological polar surface area (TPSA) is 274 Å². The zero-order valence-electron chi connectivity index (χ0n) is 22.2. The van der Waals surface area contributed by atoms with Crippen LogP contribution in [0.3, 0.4) is 0 Å². The Morgan fingerprint density at radius 3 is 2.17 bits per heavy atom. The molecule has 4 amide bonds. The van der Waals surface area contributed by atoms with E-state index in [1.54, 1.807) is 6.20 Å². The molecule has 0 spiro atoms. The molecule has 0 aliphatic carbocycles. The van der Waals surface area contributed by atoms with Crippen molar-refractivity contribution in [1.82, 2.24) is 20.9 Å². The van der Waals surface area contributed by atoms with Crippen molar-refractivity contribution < 1.29 is 29.1 Å². The molecule has 0 radical (unpaired) electrons. The molecule has 4 unspecified atom stereocenters. The van der Waals surface area contributed by atoms with Crippen molar-refractivity contribution in [3.63, 3.8) is 0 Å². The van der Waals surface area contributed by atoms with E-state index in [0.29, 0.717) is 0 Å². The van der Waals surface area contributed by atoms with Crippen LogP contribution in [0.15, 0.2) is 35.5 Å². The Kier molecular flexibility index (Phi) is 11.9. The Labute approximate surface area is 230 Å². The molecule has 0 saturated heterocycles. The summed E-state index contributed by atoms with van der Waals surface area (Å²) in [6, 6.07) is 2.76. The molecule has 218 valence electrons. The Balaban J connectivity index is 2.28. The molecule has 0 fully saturated rings. The number of carbonyl (C=O) groups excluding carboxylic acids is 4. The van der Waals surface area contributed by atoms with Crippen LogP contribution in [0.5, 0.6) is 0 Å². The molecule has 4 atom stereocenters. The SMILES string of the molecule is CC(N)C(=O)NC(Cc1c[nH]c2ccccc12)C(=O)NC(CCCN=C(N)N)C(=O)NC(CCC(N)=O)C(=O)O. The monoisotopic (exact) mass is 559 g/mol. The third-order valence-electron chi connectivity index (χ3n) is 6.02. The van der Waals surface area contributed by atoms with E-state index in [0.717, 1.165) is 16.5 Å². The number of carboxylic acid groups (broad SMARTS) is 1. The lowest BCUT2D eigenvalue weighted by Crippen LogP contribution is -2.57. The maximum absolute atomic E-state index is 13.5. The summed E-state index contributed by atoms with van der Waals surface area (Å²) >= 11 is 0. The quantitative estimate of drug-likeness (QED) is 0.0619. The molecule has 1 heterocycles. The highest BCUT2D eigenvalue weighted by atomic mass is 16.4. The van der Waals surface area contributed by atoms with E-state index in [2.05, 4.69) is 25.9 Å². The van der Waals surface area contributed by atoms with E-state index < -0.39 is 53.8 Å². The third-order valence-corrected chi connectivity index (χ3v) is 6.02. The molecular formula is C25H37N9O6. The molecule has 40 heavy (non-hydrogen) atoms. The minimum Gasteiger partial charge on any atom is -0.480 e. The third kappa shape index (κ3) is 9.90. The number of aliphatic carboxylic acids is 1. The number of primary amides is 1. The van der Waals surface area contributed by atoms with Crippen LogP contribution in [0.25, 0.3) is 10.9 Å². The number of para-hydroxylation sites is 1. The number of benzene rings is 1. The van der Waals surface area contributed by atoms with E-state index in [9.17, 15) is 29.1 Å². The van der Waals surface area contributed by atoms with E-state index in [1.807, 2.05) is 24.3 Å². The maximum atomic E-state index is 13.5. The van der Waals surface area contributed by atoms with Crippen LogP contribution in [0.1, 0.15) is 38.2 Å². The Morgan fingerprint density at radius 2 is 1.55 bits per heavy atom. The van der Waals surface area contributed by atoms with Gasteiger partial charge in [0.25, 0.3) is 0 Å².